The second-order valence-electron chi connectivity index (χ2n) is 4.36. The molecule has 0 unspecified atom stereocenters. The number of hydrogen-bond acceptors (Lipinski definition) is 2. The van der Waals surface area contributed by atoms with Crippen molar-refractivity contribution in [2.75, 3.05) is 0 Å². The minimum atomic E-state index is -1.02. The van der Waals surface area contributed by atoms with E-state index in [0.29, 0.717) is 0 Å². The zero-order valence-electron chi connectivity index (χ0n) is 10.6. The maximum absolute atomic E-state index is 10.8. The third-order valence-corrected chi connectivity index (χ3v) is 3.05. The van der Waals surface area contributed by atoms with E-state index in [2.05, 4.69) is 5.10 Å². The van der Waals surface area contributed by atoms with Crippen molar-refractivity contribution in [2.24, 2.45) is 0 Å². The summed E-state index contributed by atoms with van der Waals surface area (Å²) in [6.45, 7) is 0. The van der Waals surface area contributed by atoms with Crippen LogP contribution < -0.4 is 0 Å². The highest BCUT2D eigenvalue weighted by atomic mass is 16.4. The fraction of sp³-hybridized carbons (Fsp3) is 0. The second kappa shape index (κ2) is 5.01. The van der Waals surface area contributed by atoms with Gasteiger partial charge < -0.3 is 5.11 Å². The number of aromatic carboxylic acids is 1. The zero-order valence-corrected chi connectivity index (χ0v) is 10.6. The lowest BCUT2D eigenvalue weighted by Gasteiger charge is -2.04. The standard InChI is InChI=1S/C16H12N2O2/c19-16(20)15-10-11-18(17-15)14-8-6-13(7-9-14)12-4-2-1-3-5-12/h1-11H,(H,19,20). The predicted molar refractivity (Wildman–Crippen MR) is 76.0 cm³/mol. The summed E-state index contributed by atoms with van der Waals surface area (Å²) in [7, 11) is 0. The number of carbonyl (C=O) groups is 1. The molecule has 0 bridgehead atoms. The van der Waals surface area contributed by atoms with Crippen molar-refractivity contribution >= 4 is 5.97 Å². The molecule has 1 heterocycles. The van der Waals surface area contributed by atoms with E-state index in [1.807, 2.05) is 54.6 Å². The van der Waals surface area contributed by atoms with Gasteiger partial charge in [-0.2, -0.15) is 5.10 Å². The van der Waals surface area contributed by atoms with Crippen LogP contribution in [-0.4, -0.2) is 20.9 Å². The number of aromatic nitrogens is 2. The maximum atomic E-state index is 10.8. The van der Waals surface area contributed by atoms with Crippen molar-refractivity contribution in [1.82, 2.24) is 9.78 Å². The van der Waals surface area contributed by atoms with E-state index < -0.39 is 5.97 Å². The smallest absolute Gasteiger partial charge is 0.356 e. The van der Waals surface area contributed by atoms with Crippen molar-refractivity contribution in [3.8, 4) is 16.8 Å². The zero-order chi connectivity index (χ0) is 13.9. The van der Waals surface area contributed by atoms with Crippen LogP contribution in [0.1, 0.15) is 10.5 Å². The lowest BCUT2D eigenvalue weighted by atomic mass is 10.1. The predicted octanol–water partition coefficient (Wildman–Crippen LogP) is 3.24. The number of rotatable bonds is 3. The first-order chi connectivity index (χ1) is 9.74. The Morgan fingerprint density at radius 1 is 0.900 bits per heavy atom. The van der Waals surface area contributed by atoms with Gasteiger partial charge in [0.05, 0.1) is 5.69 Å². The van der Waals surface area contributed by atoms with E-state index >= 15 is 0 Å². The third-order valence-electron chi connectivity index (χ3n) is 3.05. The van der Waals surface area contributed by atoms with Gasteiger partial charge in [0.25, 0.3) is 0 Å². The molecule has 0 fully saturated rings. The molecule has 4 heteroatoms. The number of nitrogens with zero attached hydrogens (tertiary/aromatic N) is 2. The molecule has 2 aromatic carbocycles. The Bertz CT molecular complexity index is 731. The van der Waals surface area contributed by atoms with Gasteiger partial charge in [0.15, 0.2) is 5.69 Å². The van der Waals surface area contributed by atoms with Crippen molar-refractivity contribution < 1.29 is 9.90 Å². The molecule has 0 aliphatic carbocycles. The van der Waals surface area contributed by atoms with Gasteiger partial charge in [0, 0.05) is 6.20 Å². The molecule has 4 nitrogen and oxygen atoms in total. The Kier molecular flexibility index (Phi) is 3.05. The maximum Gasteiger partial charge on any atom is 0.356 e. The first kappa shape index (κ1) is 12.2. The van der Waals surface area contributed by atoms with E-state index in [4.69, 9.17) is 5.11 Å². The van der Waals surface area contributed by atoms with Crippen LogP contribution in [0.4, 0.5) is 0 Å². The Balaban J connectivity index is 1.91. The van der Waals surface area contributed by atoms with Crippen LogP contribution in [0.15, 0.2) is 66.9 Å². The molecule has 0 aliphatic heterocycles. The molecule has 0 saturated carbocycles. The first-order valence-electron chi connectivity index (χ1n) is 6.19. The Labute approximate surface area is 115 Å². The van der Waals surface area contributed by atoms with Gasteiger partial charge in [-0.15, -0.1) is 0 Å². The van der Waals surface area contributed by atoms with Gasteiger partial charge in [-0.05, 0) is 29.3 Å². The van der Waals surface area contributed by atoms with E-state index in [1.165, 1.54) is 6.07 Å². The van der Waals surface area contributed by atoms with E-state index in [0.717, 1.165) is 16.8 Å². The van der Waals surface area contributed by atoms with Crippen LogP contribution in [0, 0.1) is 0 Å². The largest absolute Gasteiger partial charge is 0.476 e. The van der Waals surface area contributed by atoms with E-state index in [-0.39, 0.29) is 5.69 Å². The van der Waals surface area contributed by atoms with Gasteiger partial charge in [0.2, 0.25) is 0 Å². The summed E-state index contributed by atoms with van der Waals surface area (Å²) < 4.78 is 1.55. The highest BCUT2D eigenvalue weighted by Gasteiger charge is 2.07. The number of hydrogen-bond donors (Lipinski definition) is 1. The highest BCUT2D eigenvalue weighted by Crippen LogP contribution is 2.20. The first-order valence-corrected chi connectivity index (χ1v) is 6.19. The minimum absolute atomic E-state index is 0.0390. The topological polar surface area (TPSA) is 55.1 Å². The van der Waals surface area contributed by atoms with Crippen molar-refractivity contribution in [3.05, 3.63) is 72.6 Å². The molecular weight excluding hydrogens is 252 g/mol. The molecule has 98 valence electrons. The average molecular weight is 264 g/mol. The van der Waals surface area contributed by atoms with Crippen LogP contribution in [0.25, 0.3) is 16.8 Å². The fourth-order valence-electron chi connectivity index (χ4n) is 2.02. The van der Waals surface area contributed by atoms with E-state index in [1.54, 1.807) is 10.9 Å². The molecule has 0 spiro atoms. The average Bonchev–Trinajstić information content (AvgIpc) is 2.98. The number of benzene rings is 2. The Hall–Kier alpha value is -2.88. The second-order valence-corrected chi connectivity index (χ2v) is 4.36. The molecule has 0 radical (unpaired) electrons. The van der Waals surface area contributed by atoms with Gasteiger partial charge >= 0.3 is 5.97 Å². The SMILES string of the molecule is O=C(O)c1ccn(-c2ccc(-c3ccccc3)cc2)n1. The summed E-state index contributed by atoms with van der Waals surface area (Å²) in [5, 5.41) is 12.9. The molecule has 3 aromatic rings. The molecule has 20 heavy (non-hydrogen) atoms. The van der Waals surface area contributed by atoms with Crippen LogP contribution in [0.3, 0.4) is 0 Å². The molecular formula is C16H12N2O2. The van der Waals surface area contributed by atoms with Crippen LogP contribution >= 0.6 is 0 Å². The summed E-state index contributed by atoms with van der Waals surface area (Å²) in [4.78, 5) is 10.8. The van der Waals surface area contributed by atoms with Crippen LogP contribution in [-0.2, 0) is 0 Å². The summed E-state index contributed by atoms with van der Waals surface area (Å²) in [6.07, 6.45) is 1.64. The Morgan fingerprint density at radius 3 is 2.15 bits per heavy atom. The monoisotopic (exact) mass is 264 g/mol. The third kappa shape index (κ3) is 2.31. The van der Waals surface area contributed by atoms with E-state index in [9.17, 15) is 4.79 Å². The summed E-state index contributed by atoms with van der Waals surface area (Å²) in [5.41, 5.74) is 3.13. The quantitative estimate of drug-likeness (QED) is 0.790. The molecule has 0 amide bonds. The van der Waals surface area contributed by atoms with Gasteiger partial charge in [-0.25, -0.2) is 9.48 Å². The molecule has 0 saturated heterocycles. The van der Waals surface area contributed by atoms with Gasteiger partial charge in [-0.3, -0.25) is 0 Å². The van der Waals surface area contributed by atoms with Crippen molar-refractivity contribution in [1.29, 1.82) is 0 Å². The molecule has 0 aliphatic rings. The Morgan fingerprint density at radius 2 is 1.55 bits per heavy atom. The van der Waals surface area contributed by atoms with Crippen LogP contribution in [0.5, 0.6) is 0 Å². The minimum Gasteiger partial charge on any atom is -0.476 e. The van der Waals surface area contributed by atoms with Crippen molar-refractivity contribution in [3.63, 3.8) is 0 Å². The summed E-state index contributed by atoms with van der Waals surface area (Å²) >= 11 is 0. The molecule has 0 atom stereocenters. The lowest BCUT2D eigenvalue weighted by molar-refractivity contribution is 0.0690. The highest BCUT2D eigenvalue weighted by molar-refractivity contribution is 5.85. The summed E-state index contributed by atoms with van der Waals surface area (Å²) in [5.74, 6) is -1.02. The molecule has 1 aromatic heterocycles. The fourth-order valence-corrected chi connectivity index (χ4v) is 2.02. The normalized spacial score (nSPS) is 10.4. The number of carboxylic acids is 1. The van der Waals surface area contributed by atoms with Crippen molar-refractivity contribution in [2.45, 2.75) is 0 Å². The lowest BCUT2D eigenvalue weighted by Crippen LogP contribution is -2.00. The van der Waals surface area contributed by atoms with Gasteiger partial charge in [-0.1, -0.05) is 42.5 Å². The summed E-state index contributed by atoms with van der Waals surface area (Å²) in [6, 6.07) is 19.4. The molecule has 3 rings (SSSR count). The molecule has 1 N–H and O–H groups in total. The number of carboxylic acid groups (broad SMARTS) is 1. The van der Waals surface area contributed by atoms with Gasteiger partial charge in [0.1, 0.15) is 0 Å². The van der Waals surface area contributed by atoms with Crippen LogP contribution in [0.2, 0.25) is 0 Å².